The van der Waals surface area contributed by atoms with E-state index in [9.17, 15) is 48.3 Å². The van der Waals surface area contributed by atoms with Crippen LogP contribution in [0.1, 0.15) is 237 Å². The minimum Gasteiger partial charge on any atom is -0.354 e. The molecular weight excluding hydrogens is 1270 g/mol. The molecule has 20 heteroatoms. The molecule has 9 aromatic rings. The van der Waals surface area contributed by atoms with Crippen molar-refractivity contribution in [3.8, 4) is 0 Å². The predicted molar refractivity (Wildman–Crippen MR) is 385 cm³/mol. The molecule has 0 N–H and O–H groups in total. The van der Waals surface area contributed by atoms with E-state index in [1.165, 1.54) is 112 Å². The molecular formula is C78H118F11N9. The molecule has 0 amide bonds. The van der Waals surface area contributed by atoms with Gasteiger partial charge in [-0.2, -0.15) is 43.9 Å². The first-order chi connectivity index (χ1) is 44.6. The van der Waals surface area contributed by atoms with Crippen molar-refractivity contribution in [1.29, 1.82) is 0 Å². The van der Waals surface area contributed by atoms with Gasteiger partial charge in [-0.15, -0.1) is 0 Å². The van der Waals surface area contributed by atoms with Gasteiger partial charge in [0.25, 0.3) is 0 Å². The van der Waals surface area contributed by atoms with Crippen molar-refractivity contribution in [1.82, 2.24) is 41.1 Å². The molecule has 9 aromatic heterocycles. The van der Waals surface area contributed by atoms with Crippen LogP contribution in [0.25, 0.3) is 0 Å². The van der Waals surface area contributed by atoms with Gasteiger partial charge in [0.15, 0.2) is 23.8 Å². The summed E-state index contributed by atoms with van der Waals surface area (Å²) in [5, 5.41) is 0. The molecule has 9 rings (SSSR count). The number of hydrogen-bond acceptors (Lipinski definition) is 0. The molecule has 0 saturated carbocycles. The van der Waals surface area contributed by atoms with Crippen molar-refractivity contribution < 1.29 is 48.3 Å². The highest BCUT2D eigenvalue weighted by Crippen LogP contribution is 2.35. The summed E-state index contributed by atoms with van der Waals surface area (Å²) in [6.45, 7) is 51.2. The van der Waals surface area contributed by atoms with Crippen LogP contribution < -0.4 is 0 Å². The Labute approximate surface area is 580 Å². The first kappa shape index (κ1) is 88.8. The van der Waals surface area contributed by atoms with Crippen LogP contribution in [0.15, 0.2) is 60.8 Å². The Hall–Kier alpha value is -7.25. The highest BCUT2D eigenvalue weighted by molar-refractivity contribution is 5.33. The van der Waals surface area contributed by atoms with Crippen LogP contribution in [0.2, 0.25) is 0 Å². The Morgan fingerprint density at radius 2 is 0.571 bits per heavy atom. The van der Waals surface area contributed by atoms with Crippen molar-refractivity contribution >= 4 is 0 Å². The van der Waals surface area contributed by atoms with Crippen LogP contribution in [-0.4, -0.2) is 41.1 Å². The molecule has 9 nitrogen and oxygen atoms in total. The normalized spacial score (nSPS) is 11.3. The highest BCUT2D eigenvalue weighted by atomic mass is 19.4. The lowest BCUT2D eigenvalue weighted by Crippen LogP contribution is -2.06. The lowest BCUT2D eigenvalue weighted by molar-refractivity contribution is -0.138. The SMILES string of the molecule is Cc1c(C(C)C)cc(C(C)C)n1C.Cc1c(C(C)C)cc(F)n1C.Cc1c(C(C)C)ccn1C.Cc1c(C(F)(F)F)cc(F)n1C.Cc1c(F)cc(F)n1C.Cc1cc(C(C)C)c(C)n1C.Cc1cc(C(C)C)c(C)n1C.Cc1cc(C(F)(F)F)c(C)n1C.Cc1cc(F)n(C)c1C. The molecule has 0 radical (unpaired) electrons. The highest BCUT2D eigenvalue weighted by Gasteiger charge is 2.36. The molecule has 0 spiro atoms. The quantitative estimate of drug-likeness (QED) is 0.149. The summed E-state index contributed by atoms with van der Waals surface area (Å²) < 4.78 is 151. The monoisotopic (exact) mass is 1390 g/mol. The first-order valence-corrected chi connectivity index (χ1v) is 33.3. The second-order valence-corrected chi connectivity index (χ2v) is 27.5. The zero-order chi connectivity index (χ0) is 76.7. The fraction of sp³-hybridized carbons (Fsp3) is 0.538. The Bertz CT molecular complexity index is 3630. The minimum absolute atomic E-state index is 0.111. The second kappa shape index (κ2) is 37.3. The van der Waals surface area contributed by atoms with Gasteiger partial charge in [0, 0.05) is 150 Å². The van der Waals surface area contributed by atoms with Crippen LogP contribution in [0, 0.1) is 120 Å². The van der Waals surface area contributed by atoms with Crippen LogP contribution >= 0.6 is 0 Å². The van der Waals surface area contributed by atoms with E-state index in [1.54, 1.807) is 38.7 Å². The lowest BCUT2D eigenvalue weighted by Gasteiger charge is -2.07. The zero-order valence-corrected chi connectivity index (χ0v) is 65.4. The summed E-state index contributed by atoms with van der Waals surface area (Å²) in [5.74, 6) is 1.41. The summed E-state index contributed by atoms with van der Waals surface area (Å²) in [6, 6.07) is 14.8. The third kappa shape index (κ3) is 23.7. The number of halogens is 11. The van der Waals surface area contributed by atoms with Gasteiger partial charge in [-0.25, -0.2) is 4.39 Å². The van der Waals surface area contributed by atoms with Gasteiger partial charge in [0.2, 0.25) is 0 Å². The van der Waals surface area contributed by atoms with E-state index >= 15 is 0 Å². The number of aryl methyl sites for hydroxylation is 5. The molecule has 0 fully saturated rings. The van der Waals surface area contributed by atoms with Crippen LogP contribution in [0.5, 0.6) is 0 Å². The Morgan fingerprint density at radius 1 is 0.276 bits per heavy atom. The number of nitrogens with zero attached hydrogens (tertiary/aromatic N) is 9. The van der Waals surface area contributed by atoms with Crippen LogP contribution in [0.4, 0.5) is 48.3 Å². The second-order valence-electron chi connectivity index (χ2n) is 27.5. The smallest absolute Gasteiger partial charge is 0.354 e. The first-order valence-electron chi connectivity index (χ1n) is 33.3. The Morgan fingerprint density at radius 3 is 0.724 bits per heavy atom. The summed E-state index contributed by atoms with van der Waals surface area (Å²) in [7, 11) is 16.3. The summed E-state index contributed by atoms with van der Waals surface area (Å²) in [4.78, 5) is 0. The Balaban J connectivity index is 0.000000552. The molecule has 0 aliphatic carbocycles. The average molecular weight is 1390 g/mol. The third-order valence-corrected chi connectivity index (χ3v) is 18.9. The molecule has 9 heterocycles. The standard InChI is InChI=1S/C12H21N.2C10H17N.C9H14FN.C9H15N.C8H10F3N.C7H7F4N.C7H10FN.C6H7F2N/c1-8(2)11-7-12(9(3)4)13(6)10(11)5;2*1-7(2)10-6-8(3)11(5)9(10)4;1-6(2)8-5-9(10)11(4)7(8)3;1-7(2)9-5-6-10(4)8(9)3;1-5-4-7(8(9,10)11)6(2)12(5)3;1-4-5(7(9,10)11)3-6(8)12(4)2;1-5-4-7(8)9(3)6(5)2;1-4-5(7)3-6(8)9(4)2/h7-9H,1-6H3;2*6-7H,1-5H3;5-6H,1-4H3;5-7H,1-4H3;4H,1-3H3;3H,1-2H3;4H,1-3H3;3H,1-2H3. The predicted octanol–water partition coefficient (Wildman–Crippen LogP) is 22.7. The van der Waals surface area contributed by atoms with Crippen molar-refractivity contribution in [3.05, 3.63) is 209 Å². The number of alkyl halides is 6. The molecule has 0 atom stereocenters. The van der Waals surface area contributed by atoms with Crippen LogP contribution in [0.3, 0.4) is 0 Å². The van der Waals surface area contributed by atoms with E-state index in [0.29, 0.717) is 53.0 Å². The maximum atomic E-state index is 12.9. The van der Waals surface area contributed by atoms with E-state index in [0.717, 1.165) is 43.8 Å². The summed E-state index contributed by atoms with van der Waals surface area (Å²) >= 11 is 0. The maximum Gasteiger partial charge on any atom is 0.418 e. The fourth-order valence-corrected chi connectivity index (χ4v) is 10.9. The van der Waals surface area contributed by atoms with Gasteiger partial charge >= 0.3 is 12.4 Å². The van der Waals surface area contributed by atoms with Crippen molar-refractivity contribution in [2.75, 3.05) is 0 Å². The minimum atomic E-state index is -4.47. The summed E-state index contributed by atoms with van der Waals surface area (Å²) in [5.41, 5.74) is 19.4. The zero-order valence-electron chi connectivity index (χ0n) is 65.4. The molecule has 552 valence electrons. The molecule has 0 aliphatic rings. The molecule has 0 saturated heterocycles. The van der Waals surface area contributed by atoms with Crippen molar-refractivity contribution in [3.63, 3.8) is 0 Å². The molecule has 0 aromatic carbocycles. The number of aromatic nitrogens is 9. The van der Waals surface area contributed by atoms with Gasteiger partial charge in [-0.1, -0.05) is 83.1 Å². The fourth-order valence-electron chi connectivity index (χ4n) is 10.9. The molecule has 0 aliphatic heterocycles. The molecule has 98 heavy (non-hydrogen) atoms. The average Bonchev–Trinajstić information content (AvgIpc) is 1.68. The largest absolute Gasteiger partial charge is 0.418 e. The van der Waals surface area contributed by atoms with E-state index < -0.39 is 41.2 Å². The van der Waals surface area contributed by atoms with Gasteiger partial charge < -0.3 is 41.1 Å². The van der Waals surface area contributed by atoms with Gasteiger partial charge in [-0.3, -0.25) is 0 Å². The number of hydrogen-bond donors (Lipinski definition) is 0. The molecule has 0 unspecified atom stereocenters. The van der Waals surface area contributed by atoms with E-state index in [-0.39, 0.29) is 23.3 Å². The van der Waals surface area contributed by atoms with Crippen molar-refractivity contribution in [2.24, 2.45) is 63.4 Å². The van der Waals surface area contributed by atoms with Crippen molar-refractivity contribution in [2.45, 2.75) is 221 Å². The van der Waals surface area contributed by atoms with Gasteiger partial charge in [0.1, 0.15) is 5.82 Å². The van der Waals surface area contributed by atoms with E-state index in [1.807, 2.05) is 20.8 Å². The lowest BCUT2D eigenvalue weighted by atomic mass is 10.0. The van der Waals surface area contributed by atoms with E-state index in [2.05, 4.69) is 202 Å². The van der Waals surface area contributed by atoms with Crippen LogP contribution in [-0.2, 0) is 75.8 Å². The van der Waals surface area contributed by atoms with Gasteiger partial charge in [-0.05, 0) is 201 Å². The molecule has 0 bridgehead atoms. The van der Waals surface area contributed by atoms with E-state index in [4.69, 9.17) is 0 Å². The summed E-state index contributed by atoms with van der Waals surface area (Å²) in [6.07, 6.45) is -6.58. The topological polar surface area (TPSA) is 44.4 Å². The maximum absolute atomic E-state index is 12.9. The van der Waals surface area contributed by atoms with Gasteiger partial charge in [0.05, 0.1) is 16.8 Å². The third-order valence-electron chi connectivity index (χ3n) is 18.9. The number of rotatable bonds is 6. The Kier molecular flexibility index (Phi) is 33.7.